The number of fused-ring (bicyclic) bond motifs is 1. The topological polar surface area (TPSA) is 235 Å². The number of rotatable bonds is 17. The van der Waals surface area contributed by atoms with Crippen LogP contribution in [0.25, 0.3) is 10.8 Å². The minimum atomic E-state index is -0.672. The van der Waals surface area contributed by atoms with Crippen molar-refractivity contribution in [1.29, 1.82) is 0 Å². The van der Waals surface area contributed by atoms with Gasteiger partial charge in [0.15, 0.2) is 5.75 Å². The van der Waals surface area contributed by atoms with Crippen molar-refractivity contribution in [3.05, 3.63) is 127 Å². The van der Waals surface area contributed by atoms with E-state index in [1.54, 1.807) is 56.3 Å². The molecule has 0 saturated carbocycles. The maximum absolute atomic E-state index is 13.7. The number of phenolic OH excluding ortho intramolecular Hbond substituents is 1. The van der Waals surface area contributed by atoms with Crippen molar-refractivity contribution < 1.29 is 43.3 Å². The molecule has 5 amide bonds. The van der Waals surface area contributed by atoms with Gasteiger partial charge in [-0.25, -0.2) is 20.4 Å². The SMILES string of the molecule is C=CC(=O)N(N)c1ccc(C(=O)Nc2cc(OCC)c(N=Nc3c(O)c(C(=O)Nc4cccc(NC(=O)NCCOC(=O)C(=C)C)c4)cc4ccccc34)cc2OCC)cc1. The Morgan fingerprint density at radius 1 is 0.820 bits per heavy atom. The Morgan fingerprint density at radius 3 is 2.20 bits per heavy atom. The molecule has 5 aromatic carbocycles. The fourth-order valence-corrected chi connectivity index (χ4v) is 5.64. The van der Waals surface area contributed by atoms with Crippen LogP contribution in [0.3, 0.4) is 0 Å². The highest BCUT2D eigenvalue weighted by molar-refractivity contribution is 6.12. The summed E-state index contributed by atoms with van der Waals surface area (Å²) in [5, 5.41) is 33.2. The molecule has 0 aliphatic rings. The molecule has 0 bridgehead atoms. The molecule has 0 atom stereocenters. The summed E-state index contributed by atoms with van der Waals surface area (Å²) in [6, 6.07) is 23.4. The molecule has 61 heavy (non-hydrogen) atoms. The molecule has 7 N–H and O–H groups in total. The summed E-state index contributed by atoms with van der Waals surface area (Å²) in [5.74, 6) is 3.59. The highest BCUT2D eigenvalue weighted by Crippen LogP contribution is 2.43. The lowest BCUT2D eigenvalue weighted by molar-refractivity contribution is -0.138. The third-order valence-electron chi connectivity index (χ3n) is 8.57. The zero-order valence-corrected chi connectivity index (χ0v) is 33.6. The first-order valence-corrected chi connectivity index (χ1v) is 18.8. The van der Waals surface area contributed by atoms with Gasteiger partial charge in [-0.3, -0.25) is 14.4 Å². The van der Waals surface area contributed by atoms with E-state index in [-0.39, 0.29) is 71.6 Å². The number of benzene rings is 5. The molecule has 0 aliphatic heterocycles. The lowest BCUT2D eigenvalue weighted by Gasteiger charge is -2.16. The van der Waals surface area contributed by atoms with Crippen LogP contribution in [-0.4, -0.2) is 61.2 Å². The normalized spacial score (nSPS) is 10.7. The van der Waals surface area contributed by atoms with Crippen LogP contribution in [0.2, 0.25) is 0 Å². The number of aromatic hydroxyl groups is 1. The quantitative estimate of drug-likeness (QED) is 0.0101. The summed E-state index contributed by atoms with van der Waals surface area (Å²) >= 11 is 0. The molecular weight excluding hydrogens is 785 g/mol. The number of amides is 5. The van der Waals surface area contributed by atoms with Crippen molar-refractivity contribution in [3.63, 3.8) is 0 Å². The molecule has 0 radical (unpaired) electrons. The Hall–Kier alpha value is -8.05. The number of carbonyl (C=O) groups is 5. The second-order valence-corrected chi connectivity index (χ2v) is 13.0. The van der Waals surface area contributed by atoms with Gasteiger partial charge in [-0.2, -0.15) is 0 Å². The second-order valence-electron chi connectivity index (χ2n) is 13.0. The van der Waals surface area contributed by atoms with E-state index in [9.17, 15) is 29.1 Å². The van der Waals surface area contributed by atoms with Crippen molar-refractivity contribution in [2.24, 2.45) is 16.1 Å². The molecule has 0 saturated heterocycles. The molecule has 0 aliphatic carbocycles. The van der Waals surface area contributed by atoms with Crippen molar-refractivity contribution in [1.82, 2.24) is 5.32 Å². The van der Waals surface area contributed by atoms with Crippen LogP contribution < -0.4 is 41.6 Å². The number of phenols is 1. The molecule has 0 heterocycles. The van der Waals surface area contributed by atoms with E-state index >= 15 is 0 Å². The number of urea groups is 1. The van der Waals surface area contributed by atoms with Gasteiger partial charge in [0.05, 0.1) is 36.7 Å². The summed E-state index contributed by atoms with van der Waals surface area (Å²) < 4.78 is 16.7. The fourth-order valence-electron chi connectivity index (χ4n) is 5.64. The number of ether oxygens (including phenoxy) is 3. The summed E-state index contributed by atoms with van der Waals surface area (Å²) in [5.41, 5.74) is 1.89. The Kier molecular flexibility index (Phi) is 14.9. The standard InChI is InChI=1S/C44H44N8O9/c1-6-38(53)52(45)31-18-16-27(17-19-31)41(55)49-34-24-37(60-8-3)35(25-36(34)59-7-2)50-51-39-32-15-10-9-12-28(32)22-33(40(39)54)42(56)47-29-13-11-14-30(23-29)48-44(58)46-20-21-61-43(57)26(4)5/h6,9-19,22-25,54H,1,4,7-8,20-21,45H2,2-3,5H3,(H,47,56)(H,49,55)(H2,46,48,58). The Bertz CT molecular complexity index is 2520. The van der Waals surface area contributed by atoms with Gasteiger partial charge in [0, 0.05) is 40.0 Å². The molecule has 17 nitrogen and oxygen atoms in total. The van der Waals surface area contributed by atoms with Crippen molar-refractivity contribution in [2.75, 3.05) is 47.3 Å². The summed E-state index contributed by atoms with van der Waals surface area (Å²) in [6.45, 7) is 12.4. The molecule has 0 unspecified atom stereocenters. The minimum absolute atomic E-state index is 0.00339. The van der Waals surface area contributed by atoms with Gasteiger partial charge in [-0.1, -0.05) is 43.5 Å². The Morgan fingerprint density at radius 2 is 1.51 bits per heavy atom. The maximum Gasteiger partial charge on any atom is 0.333 e. The first-order chi connectivity index (χ1) is 29.3. The Labute approximate surface area is 350 Å². The van der Waals surface area contributed by atoms with Crippen LogP contribution in [0.5, 0.6) is 17.2 Å². The molecule has 0 aromatic heterocycles. The first kappa shape index (κ1) is 44.1. The summed E-state index contributed by atoms with van der Waals surface area (Å²) in [6.07, 6.45) is 1.07. The highest BCUT2D eigenvalue weighted by Gasteiger charge is 2.21. The zero-order valence-electron chi connectivity index (χ0n) is 33.6. The molecule has 5 rings (SSSR count). The van der Waals surface area contributed by atoms with Crippen LogP contribution >= 0.6 is 0 Å². The number of azo groups is 1. The third-order valence-corrected chi connectivity index (χ3v) is 8.57. The van der Waals surface area contributed by atoms with E-state index in [1.165, 1.54) is 55.5 Å². The number of nitrogens with one attached hydrogen (secondary N) is 4. The lowest BCUT2D eigenvalue weighted by Crippen LogP contribution is -2.35. The van der Waals surface area contributed by atoms with Crippen molar-refractivity contribution in [2.45, 2.75) is 20.8 Å². The molecule has 314 valence electrons. The number of nitrogens with two attached hydrogens (primary N) is 1. The second kappa shape index (κ2) is 20.6. The van der Waals surface area contributed by atoms with Gasteiger partial charge < -0.3 is 40.6 Å². The van der Waals surface area contributed by atoms with E-state index in [0.29, 0.717) is 27.8 Å². The van der Waals surface area contributed by atoms with Crippen LogP contribution in [0.15, 0.2) is 126 Å². The van der Waals surface area contributed by atoms with Gasteiger partial charge in [0.1, 0.15) is 29.5 Å². The molecule has 17 heteroatoms. The maximum atomic E-state index is 13.7. The molecule has 5 aromatic rings. The fraction of sp³-hybridized carbons (Fsp3) is 0.159. The number of esters is 1. The van der Waals surface area contributed by atoms with Crippen molar-refractivity contribution >= 4 is 74.6 Å². The predicted octanol–water partition coefficient (Wildman–Crippen LogP) is 7.90. The van der Waals surface area contributed by atoms with Crippen molar-refractivity contribution in [3.8, 4) is 17.2 Å². The van der Waals surface area contributed by atoms with E-state index < -0.39 is 35.5 Å². The number of hydrazine groups is 1. The predicted molar refractivity (Wildman–Crippen MR) is 232 cm³/mol. The third kappa shape index (κ3) is 11.3. The Balaban J connectivity index is 1.38. The van der Waals surface area contributed by atoms with E-state index in [2.05, 4.69) is 44.7 Å². The van der Waals surface area contributed by atoms with Gasteiger partial charge in [0.25, 0.3) is 17.7 Å². The number of carbonyl (C=O) groups excluding carboxylic acids is 5. The minimum Gasteiger partial charge on any atom is -0.505 e. The first-order valence-electron chi connectivity index (χ1n) is 18.8. The van der Waals surface area contributed by atoms with Crippen LogP contribution in [0.1, 0.15) is 41.5 Å². The monoisotopic (exact) mass is 828 g/mol. The summed E-state index contributed by atoms with van der Waals surface area (Å²) in [4.78, 5) is 62.9. The molecular formula is C44H44N8O9. The number of hydrogen-bond donors (Lipinski definition) is 6. The van der Waals surface area contributed by atoms with Gasteiger partial charge in [0.2, 0.25) is 0 Å². The number of nitrogens with zero attached hydrogens (tertiary/aromatic N) is 3. The van der Waals surface area contributed by atoms with Crippen LogP contribution in [-0.2, 0) is 14.3 Å². The zero-order chi connectivity index (χ0) is 44.1. The molecule has 0 spiro atoms. The molecule has 0 fully saturated rings. The summed E-state index contributed by atoms with van der Waals surface area (Å²) in [7, 11) is 0. The smallest absolute Gasteiger partial charge is 0.333 e. The van der Waals surface area contributed by atoms with Crippen LogP contribution in [0, 0.1) is 0 Å². The van der Waals surface area contributed by atoms with Gasteiger partial charge in [-0.15, -0.1) is 10.2 Å². The van der Waals surface area contributed by atoms with E-state index in [4.69, 9.17) is 20.1 Å². The lowest BCUT2D eigenvalue weighted by atomic mass is 10.0. The number of anilines is 4. The van der Waals surface area contributed by atoms with E-state index in [0.717, 1.165) is 11.1 Å². The van der Waals surface area contributed by atoms with Crippen LogP contribution in [0.4, 0.5) is 38.9 Å². The highest BCUT2D eigenvalue weighted by atomic mass is 16.5. The van der Waals surface area contributed by atoms with Gasteiger partial charge in [-0.05, 0) is 80.8 Å². The average Bonchev–Trinajstić information content (AvgIpc) is 3.25. The van der Waals surface area contributed by atoms with E-state index in [1.807, 2.05) is 0 Å². The average molecular weight is 829 g/mol. The largest absolute Gasteiger partial charge is 0.505 e. The number of hydrogen-bond acceptors (Lipinski definition) is 12. The van der Waals surface area contributed by atoms with Gasteiger partial charge >= 0.3 is 12.0 Å².